The fourth-order valence-electron chi connectivity index (χ4n) is 2.63. The zero-order valence-corrected chi connectivity index (χ0v) is 12.9. The first-order valence-corrected chi connectivity index (χ1v) is 8.81. The number of thiazole rings is 1. The van der Waals surface area contributed by atoms with Crippen LogP contribution in [-0.2, 0) is 14.8 Å². The lowest BCUT2D eigenvalue weighted by atomic mass is 9.80. The molecule has 0 aliphatic heterocycles. The summed E-state index contributed by atoms with van der Waals surface area (Å²) < 4.78 is 27.5. The Hall–Kier alpha value is -0.990. The highest BCUT2D eigenvalue weighted by Crippen LogP contribution is 2.33. The van der Waals surface area contributed by atoms with Crippen molar-refractivity contribution >= 4 is 27.3 Å². The first-order valence-electron chi connectivity index (χ1n) is 6.51. The number of nitrogens with zero attached hydrogens (tertiary/aromatic N) is 1. The summed E-state index contributed by atoms with van der Waals surface area (Å²) in [5.74, 6) is -0.977. The first-order chi connectivity index (χ1) is 9.33. The van der Waals surface area contributed by atoms with Gasteiger partial charge >= 0.3 is 5.97 Å². The number of carbonyl (C=O) groups is 1. The highest BCUT2D eigenvalue weighted by molar-refractivity contribution is 7.91. The van der Waals surface area contributed by atoms with Crippen molar-refractivity contribution in [2.75, 3.05) is 0 Å². The quantitative estimate of drug-likeness (QED) is 0.864. The van der Waals surface area contributed by atoms with Crippen LogP contribution < -0.4 is 4.72 Å². The van der Waals surface area contributed by atoms with Crippen molar-refractivity contribution in [1.29, 1.82) is 0 Å². The van der Waals surface area contributed by atoms with Crippen molar-refractivity contribution in [3.05, 3.63) is 11.2 Å². The zero-order chi connectivity index (χ0) is 14.8. The molecule has 20 heavy (non-hydrogen) atoms. The summed E-state index contributed by atoms with van der Waals surface area (Å²) in [6, 6.07) is 0. The molecule has 1 aliphatic rings. The maximum absolute atomic E-state index is 12.4. The Labute approximate surface area is 122 Å². The highest BCUT2D eigenvalue weighted by atomic mass is 32.2. The predicted octanol–water partition coefficient (Wildman–Crippen LogP) is 1.91. The summed E-state index contributed by atoms with van der Waals surface area (Å²) in [7, 11) is -3.70. The second kappa shape index (κ2) is 5.79. The minimum atomic E-state index is -3.70. The molecule has 0 saturated heterocycles. The van der Waals surface area contributed by atoms with Crippen LogP contribution in [0.2, 0.25) is 0 Å². The topological polar surface area (TPSA) is 96.4 Å². The summed E-state index contributed by atoms with van der Waals surface area (Å²) in [4.78, 5) is 15.0. The molecule has 0 spiro atoms. The molecule has 0 radical (unpaired) electrons. The van der Waals surface area contributed by atoms with Crippen molar-refractivity contribution in [2.24, 2.45) is 0 Å². The molecule has 1 fully saturated rings. The van der Waals surface area contributed by atoms with E-state index in [1.165, 1.54) is 6.20 Å². The van der Waals surface area contributed by atoms with Crippen LogP contribution >= 0.6 is 11.3 Å². The predicted molar refractivity (Wildman–Crippen MR) is 75.2 cm³/mol. The van der Waals surface area contributed by atoms with Crippen LogP contribution in [-0.4, -0.2) is 30.0 Å². The van der Waals surface area contributed by atoms with Gasteiger partial charge in [0.05, 0.1) is 17.6 Å². The Balaban J connectivity index is 2.25. The molecular weight excluding hydrogens is 300 g/mol. The minimum Gasteiger partial charge on any atom is -0.481 e. The van der Waals surface area contributed by atoms with Crippen LogP contribution in [0.4, 0.5) is 0 Å². The van der Waals surface area contributed by atoms with E-state index >= 15 is 0 Å². The monoisotopic (exact) mass is 318 g/mol. The van der Waals surface area contributed by atoms with Crippen molar-refractivity contribution < 1.29 is 18.3 Å². The summed E-state index contributed by atoms with van der Waals surface area (Å²) in [6.07, 6.45) is 4.98. The second-order valence-corrected chi connectivity index (χ2v) is 8.36. The molecule has 2 rings (SSSR count). The number of aryl methyl sites for hydroxylation is 1. The van der Waals surface area contributed by atoms with E-state index in [2.05, 4.69) is 9.71 Å². The lowest BCUT2D eigenvalue weighted by Crippen LogP contribution is -2.50. The number of hydrogen-bond acceptors (Lipinski definition) is 5. The van der Waals surface area contributed by atoms with Crippen LogP contribution in [0.15, 0.2) is 10.4 Å². The van der Waals surface area contributed by atoms with Crippen molar-refractivity contribution in [1.82, 2.24) is 9.71 Å². The van der Waals surface area contributed by atoms with Crippen molar-refractivity contribution in [2.45, 2.75) is 55.2 Å². The minimum absolute atomic E-state index is 0.144. The molecule has 0 amide bonds. The van der Waals surface area contributed by atoms with Gasteiger partial charge in [-0.2, -0.15) is 0 Å². The standard InChI is InChI=1S/C12H18N2O4S2/c1-9-13-8-11(19-9)20(17,18)14-12(7-10(15)16)5-3-2-4-6-12/h8,14H,2-7H2,1H3,(H,15,16). The lowest BCUT2D eigenvalue weighted by Gasteiger charge is -2.36. The van der Waals surface area contributed by atoms with E-state index < -0.39 is 21.5 Å². The zero-order valence-electron chi connectivity index (χ0n) is 11.3. The molecule has 0 atom stereocenters. The van der Waals surface area contributed by atoms with Gasteiger partial charge in [0, 0.05) is 5.54 Å². The number of sulfonamides is 1. The van der Waals surface area contributed by atoms with Crippen LogP contribution in [0.5, 0.6) is 0 Å². The van der Waals surface area contributed by atoms with E-state index in [9.17, 15) is 13.2 Å². The normalized spacial score (nSPS) is 18.9. The number of aromatic nitrogens is 1. The Morgan fingerprint density at radius 1 is 1.45 bits per heavy atom. The maximum Gasteiger partial charge on any atom is 0.305 e. The Morgan fingerprint density at radius 3 is 2.60 bits per heavy atom. The van der Waals surface area contributed by atoms with Gasteiger partial charge in [0.25, 0.3) is 10.0 Å². The van der Waals surface area contributed by atoms with E-state index in [-0.39, 0.29) is 10.6 Å². The Bertz CT molecular complexity index is 588. The van der Waals surface area contributed by atoms with E-state index in [1.54, 1.807) is 6.92 Å². The average Bonchev–Trinajstić information content (AvgIpc) is 2.76. The highest BCUT2D eigenvalue weighted by Gasteiger charge is 2.38. The van der Waals surface area contributed by atoms with E-state index in [1.807, 2.05) is 0 Å². The maximum atomic E-state index is 12.4. The molecule has 112 valence electrons. The van der Waals surface area contributed by atoms with Crippen LogP contribution in [0.1, 0.15) is 43.5 Å². The first kappa shape index (κ1) is 15.4. The summed E-state index contributed by atoms with van der Waals surface area (Å²) in [5, 5.41) is 9.73. The molecular formula is C12H18N2O4S2. The second-order valence-electron chi connectivity index (χ2n) is 5.22. The van der Waals surface area contributed by atoms with Crippen molar-refractivity contribution in [3.63, 3.8) is 0 Å². The average molecular weight is 318 g/mol. The summed E-state index contributed by atoms with van der Waals surface area (Å²) in [5.41, 5.74) is -0.860. The van der Waals surface area contributed by atoms with Gasteiger partial charge in [-0.05, 0) is 19.8 Å². The number of nitrogens with one attached hydrogen (secondary N) is 1. The molecule has 8 heteroatoms. The molecule has 1 aliphatic carbocycles. The fraction of sp³-hybridized carbons (Fsp3) is 0.667. The number of aliphatic carboxylic acids is 1. The van der Waals surface area contributed by atoms with Crippen LogP contribution in [0.3, 0.4) is 0 Å². The fourth-order valence-corrected chi connectivity index (χ4v) is 5.20. The Morgan fingerprint density at radius 2 is 2.10 bits per heavy atom. The number of rotatable bonds is 5. The molecule has 0 aromatic carbocycles. The Kier molecular flexibility index (Phi) is 4.46. The van der Waals surface area contributed by atoms with Crippen LogP contribution in [0, 0.1) is 6.92 Å². The van der Waals surface area contributed by atoms with E-state index in [0.29, 0.717) is 17.8 Å². The lowest BCUT2D eigenvalue weighted by molar-refractivity contribution is -0.138. The van der Waals surface area contributed by atoms with Gasteiger partial charge in [-0.15, -0.1) is 11.3 Å². The molecule has 0 unspecified atom stereocenters. The van der Waals surface area contributed by atoms with Gasteiger partial charge < -0.3 is 5.11 Å². The van der Waals surface area contributed by atoms with Crippen molar-refractivity contribution in [3.8, 4) is 0 Å². The van der Waals surface area contributed by atoms with Gasteiger partial charge in [-0.3, -0.25) is 4.79 Å². The smallest absolute Gasteiger partial charge is 0.305 e. The SMILES string of the molecule is Cc1ncc(S(=O)(=O)NC2(CC(=O)O)CCCCC2)s1. The molecule has 2 N–H and O–H groups in total. The van der Waals surface area contributed by atoms with E-state index in [0.717, 1.165) is 30.6 Å². The number of hydrogen-bond donors (Lipinski definition) is 2. The molecule has 1 aromatic heterocycles. The third-order valence-electron chi connectivity index (χ3n) is 3.52. The van der Waals surface area contributed by atoms with Gasteiger partial charge in [-0.1, -0.05) is 19.3 Å². The molecule has 0 bridgehead atoms. The largest absolute Gasteiger partial charge is 0.481 e. The molecule has 1 aromatic rings. The number of carboxylic acids is 1. The molecule has 1 heterocycles. The van der Waals surface area contributed by atoms with Gasteiger partial charge in [0.15, 0.2) is 4.21 Å². The van der Waals surface area contributed by atoms with E-state index in [4.69, 9.17) is 5.11 Å². The summed E-state index contributed by atoms with van der Waals surface area (Å²) >= 11 is 1.09. The summed E-state index contributed by atoms with van der Waals surface area (Å²) in [6.45, 7) is 1.73. The third-order valence-corrected chi connectivity index (χ3v) is 6.47. The van der Waals surface area contributed by atoms with Gasteiger partial charge in [-0.25, -0.2) is 18.1 Å². The molecule has 1 saturated carbocycles. The van der Waals surface area contributed by atoms with Gasteiger partial charge in [0.2, 0.25) is 0 Å². The molecule has 6 nitrogen and oxygen atoms in total. The number of carboxylic acid groups (broad SMARTS) is 1. The third kappa shape index (κ3) is 3.56. The van der Waals surface area contributed by atoms with Crippen LogP contribution in [0.25, 0.3) is 0 Å². The van der Waals surface area contributed by atoms with Gasteiger partial charge in [0.1, 0.15) is 0 Å².